The van der Waals surface area contributed by atoms with Gasteiger partial charge in [-0.15, -0.1) is 0 Å². The minimum absolute atomic E-state index is 0.274. The zero-order valence-corrected chi connectivity index (χ0v) is 5.99. The fourth-order valence-electron chi connectivity index (χ4n) is 0.483. The molecule has 0 amide bonds. The van der Waals surface area contributed by atoms with Crippen molar-refractivity contribution in [3.63, 3.8) is 0 Å². The molecule has 52 valence electrons. The van der Waals surface area contributed by atoms with Crippen molar-refractivity contribution >= 4 is 18.7 Å². The van der Waals surface area contributed by atoms with Crippen LogP contribution >= 0.6 is 12.8 Å². The van der Waals surface area contributed by atoms with Crippen LogP contribution < -0.4 is 5.73 Å². The van der Waals surface area contributed by atoms with Crippen molar-refractivity contribution in [2.24, 2.45) is 10.1 Å². The van der Waals surface area contributed by atoms with Crippen molar-refractivity contribution in [2.75, 3.05) is 0 Å². The van der Waals surface area contributed by atoms with Gasteiger partial charge in [-0.25, -0.2) is 9.38 Å². The van der Waals surface area contributed by atoms with Crippen molar-refractivity contribution in [3.05, 3.63) is 24.3 Å². The molecule has 0 aliphatic carbocycles. The van der Waals surface area contributed by atoms with Gasteiger partial charge in [0.05, 0.1) is 6.20 Å². The fourth-order valence-corrected chi connectivity index (χ4v) is 0.585. The van der Waals surface area contributed by atoms with E-state index in [4.69, 9.17) is 5.73 Å². The monoisotopic (exact) mass is 154 g/mol. The summed E-state index contributed by atoms with van der Waals surface area (Å²) in [7, 11) is 0. The van der Waals surface area contributed by atoms with Gasteiger partial charge in [-0.05, 0) is 12.8 Å². The average molecular weight is 154 g/mol. The first-order valence-corrected chi connectivity index (χ1v) is 2.98. The van der Waals surface area contributed by atoms with Crippen molar-refractivity contribution in [3.8, 4) is 0 Å². The largest absolute Gasteiger partial charge is 0.381 e. The van der Waals surface area contributed by atoms with Gasteiger partial charge < -0.3 is 5.73 Å². The molecular formula is C5H6N4S. The van der Waals surface area contributed by atoms with Crippen molar-refractivity contribution < 1.29 is 0 Å². The van der Waals surface area contributed by atoms with Crippen LogP contribution in [0.2, 0.25) is 0 Å². The summed E-state index contributed by atoms with van der Waals surface area (Å²) in [5.74, 6) is 0.274. The molecule has 0 aliphatic rings. The van der Waals surface area contributed by atoms with E-state index >= 15 is 0 Å². The first-order chi connectivity index (χ1) is 4.84. The maximum absolute atomic E-state index is 5.37. The molecule has 1 heterocycles. The Hall–Kier alpha value is -1.10. The molecule has 1 aromatic heterocycles. The van der Waals surface area contributed by atoms with Gasteiger partial charge in [-0.1, -0.05) is 0 Å². The predicted molar refractivity (Wildman–Crippen MR) is 41.7 cm³/mol. The Labute approximate surface area is 63.8 Å². The maximum Gasteiger partial charge on any atom is 0.158 e. The molecule has 10 heavy (non-hydrogen) atoms. The molecule has 0 aromatic carbocycles. The molecule has 0 fully saturated rings. The van der Waals surface area contributed by atoms with Gasteiger partial charge in [0.25, 0.3) is 0 Å². The van der Waals surface area contributed by atoms with Gasteiger partial charge in [0, 0.05) is 12.4 Å². The summed E-state index contributed by atoms with van der Waals surface area (Å²) in [5, 5.41) is 0. The average Bonchev–Trinajstić information content (AvgIpc) is 2.05. The Bertz CT molecular complexity index is 233. The standard InChI is InChI=1S/C5H6N4S/c6-5(9-10)4-3-7-1-2-8-4/h1-3,10H,(H2,6,9). The second kappa shape index (κ2) is 3.17. The third-order valence-electron chi connectivity index (χ3n) is 0.933. The molecule has 0 saturated carbocycles. The van der Waals surface area contributed by atoms with Crippen LogP contribution in [0.5, 0.6) is 0 Å². The van der Waals surface area contributed by atoms with E-state index in [1.165, 1.54) is 6.20 Å². The number of rotatable bonds is 1. The van der Waals surface area contributed by atoms with Crippen LogP contribution in [0.15, 0.2) is 23.0 Å². The van der Waals surface area contributed by atoms with Crippen LogP contribution in [0.1, 0.15) is 5.69 Å². The third-order valence-corrected chi connectivity index (χ3v) is 1.15. The number of nitrogens with zero attached hydrogens (tertiary/aromatic N) is 3. The lowest BCUT2D eigenvalue weighted by atomic mass is 10.4. The summed E-state index contributed by atoms with van der Waals surface area (Å²) in [6.45, 7) is 0. The number of hydrogen-bond donors (Lipinski definition) is 2. The molecule has 0 spiro atoms. The summed E-state index contributed by atoms with van der Waals surface area (Å²) >= 11 is 3.62. The van der Waals surface area contributed by atoms with Crippen molar-refractivity contribution in [1.82, 2.24) is 9.97 Å². The van der Waals surface area contributed by atoms with E-state index in [2.05, 4.69) is 27.2 Å². The normalized spacial score (nSPS) is 11.5. The summed E-state index contributed by atoms with van der Waals surface area (Å²) < 4.78 is 3.45. The highest BCUT2D eigenvalue weighted by Gasteiger charge is 1.95. The number of nitrogens with two attached hydrogens (primary N) is 1. The summed E-state index contributed by atoms with van der Waals surface area (Å²) in [6, 6.07) is 0. The lowest BCUT2D eigenvalue weighted by Gasteiger charge is -1.93. The van der Waals surface area contributed by atoms with E-state index < -0.39 is 0 Å². The van der Waals surface area contributed by atoms with E-state index in [0.717, 1.165) is 0 Å². The van der Waals surface area contributed by atoms with Crippen LogP contribution in [0.4, 0.5) is 0 Å². The number of hydrogen-bond acceptors (Lipinski definition) is 4. The molecule has 0 aliphatic heterocycles. The predicted octanol–water partition coefficient (Wildman–Crippen LogP) is 0.0267. The molecule has 0 saturated heterocycles. The highest BCUT2D eigenvalue weighted by Crippen LogP contribution is 1.89. The van der Waals surface area contributed by atoms with Gasteiger partial charge in [0.15, 0.2) is 5.84 Å². The van der Waals surface area contributed by atoms with Gasteiger partial charge in [-0.2, -0.15) is 0 Å². The third kappa shape index (κ3) is 1.44. The van der Waals surface area contributed by atoms with E-state index in [9.17, 15) is 0 Å². The van der Waals surface area contributed by atoms with Gasteiger partial charge >= 0.3 is 0 Å². The van der Waals surface area contributed by atoms with Gasteiger partial charge in [0.2, 0.25) is 0 Å². The topological polar surface area (TPSA) is 64.2 Å². The van der Waals surface area contributed by atoms with E-state index in [1.807, 2.05) is 0 Å². The highest BCUT2D eigenvalue weighted by atomic mass is 32.1. The molecule has 4 nitrogen and oxygen atoms in total. The van der Waals surface area contributed by atoms with E-state index in [0.29, 0.717) is 5.69 Å². The SMILES string of the molecule is N/C(=N\S)c1cnccn1. The maximum atomic E-state index is 5.37. The Kier molecular flexibility index (Phi) is 2.22. The Morgan fingerprint density at radius 1 is 1.60 bits per heavy atom. The van der Waals surface area contributed by atoms with E-state index in [-0.39, 0.29) is 5.84 Å². The molecule has 5 heteroatoms. The lowest BCUT2D eigenvalue weighted by Crippen LogP contribution is -2.13. The molecule has 0 unspecified atom stereocenters. The van der Waals surface area contributed by atoms with Crippen molar-refractivity contribution in [2.45, 2.75) is 0 Å². The Morgan fingerprint density at radius 3 is 2.90 bits per heavy atom. The first kappa shape index (κ1) is 7.01. The second-order valence-corrected chi connectivity index (χ2v) is 1.78. The van der Waals surface area contributed by atoms with Gasteiger partial charge in [-0.3, -0.25) is 4.98 Å². The molecule has 0 radical (unpaired) electrons. The number of thiol groups is 1. The Morgan fingerprint density at radius 2 is 2.40 bits per heavy atom. The molecule has 0 atom stereocenters. The smallest absolute Gasteiger partial charge is 0.158 e. The molecule has 1 rings (SSSR count). The van der Waals surface area contributed by atoms with E-state index in [1.54, 1.807) is 12.4 Å². The molecule has 1 aromatic rings. The van der Waals surface area contributed by atoms with Crippen LogP contribution in [-0.2, 0) is 0 Å². The zero-order chi connectivity index (χ0) is 7.40. The lowest BCUT2D eigenvalue weighted by molar-refractivity contribution is 1.17. The van der Waals surface area contributed by atoms with Crippen LogP contribution in [0.25, 0.3) is 0 Å². The Balaban J connectivity index is 2.96. The van der Waals surface area contributed by atoms with Crippen LogP contribution in [0, 0.1) is 0 Å². The highest BCUT2D eigenvalue weighted by molar-refractivity contribution is 7.79. The molecule has 2 N–H and O–H groups in total. The van der Waals surface area contributed by atoms with Crippen LogP contribution in [-0.4, -0.2) is 15.8 Å². The minimum Gasteiger partial charge on any atom is -0.381 e. The quantitative estimate of drug-likeness (QED) is 0.340. The number of aromatic nitrogens is 2. The second-order valence-electron chi connectivity index (χ2n) is 1.58. The summed E-state index contributed by atoms with van der Waals surface area (Å²) in [5.41, 5.74) is 5.90. The van der Waals surface area contributed by atoms with Crippen molar-refractivity contribution in [1.29, 1.82) is 0 Å². The fraction of sp³-hybridized carbons (Fsp3) is 0. The molecular weight excluding hydrogens is 148 g/mol. The first-order valence-electron chi connectivity index (χ1n) is 2.58. The molecule has 0 bridgehead atoms. The van der Waals surface area contributed by atoms with Gasteiger partial charge in [0.1, 0.15) is 5.69 Å². The minimum atomic E-state index is 0.274. The summed E-state index contributed by atoms with van der Waals surface area (Å²) in [6.07, 6.45) is 4.63. The summed E-state index contributed by atoms with van der Waals surface area (Å²) in [4.78, 5) is 7.68. The van der Waals surface area contributed by atoms with Crippen LogP contribution in [0.3, 0.4) is 0 Å². The zero-order valence-electron chi connectivity index (χ0n) is 5.10. The number of amidine groups is 1.